The highest BCUT2D eigenvalue weighted by Crippen LogP contribution is 2.45. The zero-order chi connectivity index (χ0) is 65.5. The minimum absolute atomic E-state index is 0.365. The number of piperazine rings is 3. The van der Waals surface area contributed by atoms with Gasteiger partial charge < -0.3 is 14.7 Å². The van der Waals surface area contributed by atoms with E-state index < -0.39 is 0 Å². The summed E-state index contributed by atoms with van der Waals surface area (Å²) in [6.07, 6.45) is 12.5. The second-order valence-electron chi connectivity index (χ2n) is 34.7. The number of hydrogen-bond acceptors (Lipinski definition) is 10. The first-order valence-electron chi connectivity index (χ1n) is 37.7. The molecule has 10 heteroatoms. The summed E-state index contributed by atoms with van der Waals surface area (Å²) in [5.74, 6) is 7.73. The van der Waals surface area contributed by atoms with Crippen molar-refractivity contribution in [2.24, 2.45) is 52.8 Å². The Morgan fingerprint density at radius 1 is 0.299 bits per heavy atom. The Hall–Kier alpha value is -0.660. The Morgan fingerprint density at radius 3 is 0.908 bits per heavy atom. The molecule has 1 aliphatic carbocycles. The average molecular weight is 1220 g/mol. The molecule has 0 N–H and O–H groups in total. The lowest BCUT2D eigenvalue weighted by Gasteiger charge is -2.59. The molecule has 0 aromatic rings. The molecular formula is C77H156N10. The van der Waals surface area contributed by atoms with Crippen molar-refractivity contribution in [2.75, 3.05) is 105 Å². The van der Waals surface area contributed by atoms with Crippen LogP contribution in [0.15, 0.2) is 11.6 Å². The average Bonchev–Trinajstić information content (AvgIpc) is 1.78. The number of nitrogens with zero attached hydrogens (tertiary/aromatic N) is 10. The Morgan fingerprint density at radius 2 is 0.609 bits per heavy atom. The number of hydrogen-bond donors (Lipinski definition) is 0. The molecule has 0 spiro atoms. The van der Waals surface area contributed by atoms with Gasteiger partial charge in [-0.1, -0.05) is 74.0 Å². The van der Waals surface area contributed by atoms with Crippen LogP contribution in [0.4, 0.5) is 0 Å². The van der Waals surface area contributed by atoms with Crippen LogP contribution in [0.5, 0.6) is 0 Å². The molecule has 4 unspecified atom stereocenters. The van der Waals surface area contributed by atoms with Crippen LogP contribution in [0.1, 0.15) is 246 Å². The minimum atomic E-state index is 0.365. The van der Waals surface area contributed by atoms with Gasteiger partial charge in [0.15, 0.2) is 0 Å². The summed E-state index contributed by atoms with van der Waals surface area (Å²) in [5, 5.41) is 0. The second-order valence-corrected chi connectivity index (χ2v) is 34.7. The van der Waals surface area contributed by atoms with Crippen LogP contribution in [-0.4, -0.2) is 238 Å². The van der Waals surface area contributed by atoms with Gasteiger partial charge in [0.05, 0.1) is 0 Å². The zero-order valence-electron chi connectivity index (χ0n) is 64.0. The lowest BCUT2D eigenvalue weighted by molar-refractivity contribution is -0.0955. The summed E-state index contributed by atoms with van der Waals surface area (Å²) in [7, 11) is 0. The van der Waals surface area contributed by atoms with Crippen molar-refractivity contribution in [1.82, 2.24) is 49.0 Å². The molecule has 0 amide bonds. The first-order valence-corrected chi connectivity index (χ1v) is 37.7. The largest absolute Gasteiger partial charge is 0.301 e. The normalized spacial score (nSPS) is 28.7. The van der Waals surface area contributed by atoms with Crippen molar-refractivity contribution in [3.63, 3.8) is 0 Å². The third kappa shape index (κ3) is 24.6. The standard InChI is InChI=1S/C13H25N.C12H24N2.C11H22N2.C11H21N.C11H23N.C10H22N2.C9H19N/c1-9(2)11-5-12-7-14(10(3)4)8-13(12)6-11;1-9(2)13-7-11-5-6-12(8-13)14(11)10(3)4;1-8(2)12-6-10-5-11(7-12)13(10)9(3)4;1-9(2)12-7-6-10(8-12)11(3,4)5;2*1-9(2)11-5-7-12(8-6-11)10(3)4;1-7(2)9-5-10(6-9)8(3)4/h9-13H,5-8H2,1-4H3;9-12H,5-8H2,1-4H3;8-11H,5-7H2,1-4H3;6,9H,7-8H2,1-5H3;9-11H,5-8H2,1-4H3;9-10H,5-8H2,1-4H3;7-9H,5-6H2,1-4H3/t;11-,12+;;;;;. The molecule has 87 heavy (non-hydrogen) atoms. The third-order valence-electron chi connectivity index (χ3n) is 23.3. The summed E-state index contributed by atoms with van der Waals surface area (Å²) in [5.41, 5.74) is 1.96. The van der Waals surface area contributed by atoms with Crippen LogP contribution < -0.4 is 0 Å². The quantitative estimate of drug-likeness (QED) is 0.166. The molecule has 6 atom stereocenters. The van der Waals surface area contributed by atoms with Gasteiger partial charge in [-0.2, -0.15) is 0 Å². The van der Waals surface area contributed by atoms with E-state index in [1.165, 1.54) is 143 Å². The molecule has 0 radical (unpaired) electrons. The molecule has 10 heterocycles. The summed E-state index contributed by atoms with van der Waals surface area (Å²) in [4.78, 5) is 26.1. The first kappa shape index (κ1) is 78.8. The predicted molar refractivity (Wildman–Crippen MR) is 385 cm³/mol. The van der Waals surface area contributed by atoms with Gasteiger partial charge in [-0.05, 0) is 249 Å². The monoisotopic (exact) mass is 1220 g/mol. The Kier molecular flexibility index (Phi) is 33.4. The summed E-state index contributed by atoms with van der Waals surface area (Å²) < 4.78 is 0. The van der Waals surface area contributed by atoms with Crippen molar-refractivity contribution >= 4 is 0 Å². The van der Waals surface area contributed by atoms with E-state index in [0.717, 1.165) is 132 Å². The number of fused-ring (bicyclic) bond motifs is 5. The smallest absolute Gasteiger partial charge is 0.0244 e. The minimum Gasteiger partial charge on any atom is -0.301 e. The fraction of sp³-hybridized carbons (Fsp3) is 0.974. The molecule has 0 aromatic carbocycles. The fourth-order valence-corrected chi connectivity index (χ4v) is 16.3. The summed E-state index contributed by atoms with van der Waals surface area (Å²) >= 11 is 0. The van der Waals surface area contributed by atoms with E-state index >= 15 is 0 Å². The van der Waals surface area contributed by atoms with Crippen LogP contribution in [0.2, 0.25) is 0 Å². The van der Waals surface area contributed by atoms with Gasteiger partial charge in [0.1, 0.15) is 0 Å². The van der Waals surface area contributed by atoms with Gasteiger partial charge in [0.25, 0.3) is 0 Å². The highest BCUT2D eigenvalue weighted by atomic mass is 15.4. The van der Waals surface area contributed by atoms with Gasteiger partial charge in [0, 0.05) is 176 Å². The Balaban J connectivity index is 0.000000218. The van der Waals surface area contributed by atoms with Gasteiger partial charge >= 0.3 is 0 Å². The predicted octanol–water partition coefficient (Wildman–Crippen LogP) is 15.4. The fourth-order valence-electron chi connectivity index (χ4n) is 16.3. The second kappa shape index (κ2) is 36.9. The molecule has 11 aliphatic rings. The van der Waals surface area contributed by atoms with Crippen molar-refractivity contribution in [1.29, 1.82) is 0 Å². The molecule has 514 valence electrons. The molecule has 10 nitrogen and oxygen atoms in total. The van der Waals surface area contributed by atoms with Gasteiger partial charge in [0.2, 0.25) is 0 Å². The van der Waals surface area contributed by atoms with Crippen molar-refractivity contribution < 1.29 is 0 Å². The van der Waals surface area contributed by atoms with Gasteiger partial charge in [-0.15, -0.1) is 0 Å². The summed E-state index contributed by atoms with van der Waals surface area (Å²) in [6, 6.07) is 10.8. The molecule has 4 bridgehead atoms. The van der Waals surface area contributed by atoms with Crippen molar-refractivity contribution in [3.05, 3.63) is 11.6 Å². The molecule has 10 fully saturated rings. The highest BCUT2D eigenvalue weighted by Gasteiger charge is 2.46. The maximum atomic E-state index is 2.75. The van der Waals surface area contributed by atoms with Gasteiger partial charge in [-0.3, -0.25) is 34.3 Å². The molecule has 9 saturated heterocycles. The zero-order valence-corrected chi connectivity index (χ0v) is 64.0. The third-order valence-corrected chi connectivity index (χ3v) is 23.3. The maximum Gasteiger partial charge on any atom is 0.0244 e. The molecule has 11 rings (SSSR count). The number of rotatable bonds is 13. The molecule has 10 aliphatic heterocycles. The highest BCUT2D eigenvalue weighted by molar-refractivity contribution is 5.18. The van der Waals surface area contributed by atoms with Crippen LogP contribution in [0.25, 0.3) is 0 Å². The maximum absolute atomic E-state index is 2.75. The van der Waals surface area contributed by atoms with E-state index in [1.54, 1.807) is 5.57 Å². The topological polar surface area (TPSA) is 32.4 Å². The van der Waals surface area contributed by atoms with E-state index in [1.807, 2.05) is 0 Å². The molecule has 1 saturated carbocycles. The number of piperidine rings is 2. The van der Waals surface area contributed by atoms with Crippen LogP contribution in [0, 0.1) is 52.8 Å². The lowest BCUT2D eigenvalue weighted by atomic mass is 9.85. The first-order chi connectivity index (χ1) is 40.5. The van der Waals surface area contributed by atoms with Crippen LogP contribution >= 0.6 is 0 Å². The van der Waals surface area contributed by atoms with E-state index in [4.69, 9.17) is 0 Å². The van der Waals surface area contributed by atoms with Crippen LogP contribution in [-0.2, 0) is 0 Å². The number of likely N-dealkylation sites (tertiary alicyclic amines) is 4. The van der Waals surface area contributed by atoms with Crippen molar-refractivity contribution in [3.8, 4) is 0 Å². The van der Waals surface area contributed by atoms with E-state index in [0.29, 0.717) is 11.5 Å². The van der Waals surface area contributed by atoms with E-state index in [-0.39, 0.29) is 0 Å². The van der Waals surface area contributed by atoms with Crippen LogP contribution in [0.3, 0.4) is 0 Å². The van der Waals surface area contributed by atoms with E-state index in [2.05, 4.69) is 256 Å². The molecule has 0 aromatic heterocycles. The lowest BCUT2D eigenvalue weighted by Crippen LogP contribution is -2.71. The van der Waals surface area contributed by atoms with E-state index in [9.17, 15) is 0 Å². The molecular weight excluding hydrogens is 1060 g/mol. The SMILES string of the molecule is CC(C)C1CC2CN(C(C)C)CC2C1.CC(C)C1CCN(C(C)C)CC1.CC(C)C1CN(C(C)C)C1.CC(C)N1CC2CC(C1)N2C(C)C.CC(C)N1CC=C(C(C)(C)C)C1.CC(C)N1CCN(C(C)C)CC1.CC(C)N1C[C@H]2CC[C@@H](C1)N2C(C)C. The van der Waals surface area contributed by atoms with Crippen molar-refractivity contribution in [2.45, 2.75) is 330 Å². The Labute approximate surface area is 545 Å². The Bertz CT molecular complexity index is 1720. The summed E-state index contributed by atoms with van der Waals surface area (Å²) in [6.45, 7) is 87.7. The van der Waals surface area contributed by atoms with Gasteiger partial charge in [-0.25, -0.2) is 0 Å².